The van der Waals surface area contributed by atoms with Crippen molar-refractivity contribution in [3.63, 3.8) is 0 Å². The average molecular weight is 427 g/mol. The minimum absolute atomic E-state index is 0.0405. The molecule has 158 valence electrons. The van der Waals surface area contributed by atoms with Crippen LogP contribution in [-0.2, 0) is 17.1 Å². The van der Waals surface area contributed by atoms with Crippen LogP contribution in [0.3, 0.4) is 0 Å². The molecule has 2 aromatic carbocycles. The van der Waals surface area contributed by atoms with Crippen molar-refractivity contribution in [2.45, 2.75) is 24.4 Å². The van der Waals surface area contributed by atoms with E-state index in [4.69, 9.17) is 0 Å². The number of hydrogen-bond donors (Lipinski definition) is 2. The number of allylic oxidation sites excluding steroid dienone is 2. The van der Waals surface area contributed by atoms with Crippen LogP contribution in [0.1, 0.15) is 23.1 Å². The van der Waals surface area contributed by atoms with E-state index < -0.39 is 40.7 Å². The Morgan fingerprint density at radius 2 is 1.50 bits per heavy atom. The van der Waals surface area contributed by atoms with Crippen LogP contribution in [0, 0.1) is 0 Å². The van der Waals surface area contributed by atoms with Gasteiger partial charge in [0.05, 0.1) is 11.1 Å². The highest BCUT2D eigenvalue weighted by Crippen LogP contribution is 2.38. The van der Waals surface area contributed by atoms with Gasteiger partial charge in [-0.2, -0.15) is 26.3 Å². The third-order valence-electron chi connectivity index (χ3n) is 4.51. The summed E-state index contributed by atoms with van der Waals surface area (Å²) in [4.78, 5) is 12.6. The maximum Gasteiger partial charge on any atom is 0.416 e. The first kappa shape index (κ1) is 21.6. The van der Waals surface area contributed by atoms with Crippen molar-refractivity contribution >= 4 is 17.2 Å². The molecular formula is C21H15F6NO2. The van der Waals surface area contributed by atoms with E-state index in [0.717, 1.165) is 6.08 Å². The molecule has 0 fully saturated rings. The van der Waals surface area contributed by atoms with Gasteiger partial charge in [-0.15, -0.1) is 0 Å². The van der Waals surface area contributed by atoms with Crippen LogP contribution in [0.4, 0.5) is 32.0 Å². The number of anilines is 1. The molecule has 0 radical (unpaired) electrons. The van der Waals surface area contributed by atoms with Crippen molar-refractivity contribution in [2.75, 3.05) is 5.32 Å². The highest BCUT2D eigenvalue weighted by molar-refractivity contribution is 6.00. The van der Waals surface area contributed by atoms with Crippen molar-refractivity contribution in [3.8, 4) is 0 Å². The van der Waals surface area contributed by atoms with Gasteiger partial charge in [-0.05, 0) is 35.4 Å². The Kier molecular flexibility index (Phi) is 5.51. The lowest BCUT2D eigenvalue weighted by atomic mass is 9.85. The molecule has 3 nitrogen and oxygen atoms in total. The third kappa shape index (κ3) is 4.73. The smallest absolute Gasteiger partial charge is 0.375 e. The maximum atomic E-state index is 13.0. The minimum Gasteiger partial charge on any atom is -0.375 e. The topological polar surface area (TPSA) is 49.3 Å². The van der Waals surface area contributed by atoms with E-state index in [2.05, 4.69) is 0 Å². The Labute approximate surface area is 167 Å². The van der Waals surface area contributed by atoms with Crippen LogP contribution in [0.15, 0.2) is 66.8 Å². The number of carbonyl (C=O) groups excluding carboxylic acids is 1. The van der Waals surface area contributed by atoms with E-state index in [0.29, 0.717) is 23.3 Å². The summed E-state index contributed by atoms with van der Waals surface area (Å²) in [5.41, 5.74) is -4.71. The zero-order valence-corrected chi connectivity index (χ0v) is 15.2. The van der Waals surface area contributed by atoms with E-state index in [1.165, 1.54) is 6.08 Å². The second kappa shape index (κ2) is 7.64. The second-order valence-electron chi connectivity index (χ2n) is 6.77. The normalized spacial score (nSPS) is 19.4. The van der Waals surface area contributed by atoms with Crippen molar-refractivity contribution in [1.29, 1.82) is 0 Å². The Morgan fingerprint density at radius 3 is 2.03 bits per heavy atom. The molecular weight excluding hydrogens is 412 g/mol. The van der Waals surface area contributed by atoms with Gasteiger partial charge in [-0.3, -0.25) is 4.79 Å². The molecule has 0 aliphatic heterocycles. The van der Waals surface area contributed by atoms with Gasteiger partial charge in [0.15, 0.2) is 5.60 Å². The van der Waals surface area contributed by atoms with Crippen molar-refractivity contribution in [3.05, 3.63) is 83.4 Å². The van der Waals surface area contributed by atoms with Crippen molar-refractivity contribution in [1.82, 2.24) is 0 Å². The van der Waals surface area contributed by atoms with E-state index in [1.807, 2.05) is 5.32 Å². The Hall–Kier alpha value is -3.07. The number of alkyl halides is 6. The summed E-state index contributed by atoms with van der Waals surface area (Å²) in [7, 11) is 0. The lowest BCUT2D eigenvalue weighted by Crippen LogP contribution is -2.42. The first-order valence-corrected chi connectivity index (χ1v) is 8.66. The van der Waals surface area contributed by atoms with Gasteiger partial charge < -0.3 is 10.4 Å². The molecule has 1 unspecified atom stereocenters. The summed E-state index contributed by atoms with van der Waals surface area (Å²) < 4.78 is 78.0. The highest BCUT2D eigenvalue weighted by Gasteiger charge is 2.39. The molecule has 0 spiro atoms. The van der Waals surface area contributed by atoms with E-state index in [9.17, 15) is 36.2 Å². The summed E-state index contributed by atoms with van der Waals surface area (Å²) >= 11 is 0. The number of rotatable bonds is 3. The van der Waals surface area contributed by atoms with Gasteiger partial charge >= 0.3 is 12.4 Å². The van der Waals surface area contributed by atoms with Gasteiger partial charge in [-0.25, -0.2) is 0 Å². The van der Waals surface area contributed by atoms with Gasteiger partial charge in [0.1, 0.15) is 0 Å². The minimum atomic E-state index is -5.05. The first-order chi connectivity index (χ1) is 13.9. The van der Waals surface area contributed by atoms with Gasteiger partial charge in [0, 0.05) is 12.1 Å². The lowest BCUT2D eigenvalue weighted by Gasteiger charge is -2.27. The van der Waals surface area contributed by atoms with Crippen LogP contribution in [0.5, 0.6) is 0 Å². The molecule has 2 aromatic rings. The third-order valence-corrected chi connectivity index (χ3v) is 4.51. The monoisotopic (exact) mass is 427 g/mol. The largest absolute Gasteiger partial charge is 0.416 e. The Morgan fingerprint density at radius 1 is 0.933 bits per heavy atom. The SMILES string of the molecule is O=C(Nc1cc(C(F)(F)F)cc(C(F)(F)F)c1)C1(O)C=CC=C(c2ccccc2)C1. The summed E-state index contributed by atoms with van der Waals surface area (Å²) in [5.74, 6) is -1.15. The molecule has 30 heavy (non-hydrogen) atoms. The highest BCUT2D eigenvalue weighted by atomic mass is 19.4. The zero-order valence-electron chi connectivity index (χ0n) is 15.2. The standard InChI is InChI=1S/C21H15F6NO2/c22-20(23,24)15-9-16(21(25,26)27)11-17(10-15)28-18(29)19(30)8-4-7-14(12-19)13-5-2-1-3-6-13/h1-11,30H,12H2,(H,28,29). The van der Waals surface area contributed by atoms with E-state index in [1.54, 1.807) is 36.4 Å². The number of halogens is 6. The second-order valence-corrected chi connectivity index (χ2v) is 6.77. The fraction of sp³-hybridized carbons (Fsp3) is 0.190. The number of aliphatic hydroxyl groups is 1. The molecule has 0 heterocycles. The predicted octanol–water partition coefficient (Wildman–Crippen LogP) is 5.44. The lowest BCUT2D eigenvalue weighted by molar-refractivity contribution is -0.143. The molecule has 0 bridgehead atoms. The molecule has 9 heteroatoms. The molecule has 2 N–H and O–H groups in total. The number of hydrogen-bond acceptors (Lipinski definition) is 2. The van der Waals surface area contributed by atoms with Crippen LogP contribution >= 0.6 is 0 Å². The molecule has 0 saturated carbocycles. The Balaban J connectivity index is 1.88. The fourth-order valence-corrected chi connectivity index (χ4v) is 3.00. The molecule has 1 aliphatic rings. The summed E-state index contributed by atoms with van der Waals surface area (Å²) in [6, 6.07) is 9.48. The van der Waals surface area contributed by atoms with Gasteiger partial charge in [0.25, 0.3) is 5.91 Å². The van der Waals surface area contributed by atoms with Crippen LogP contribution < -0.4 is 5.32 Å². The summed E-state index contributed by atoms with van der Waals surface area (Å²) in [6.45, 7) is 0. The number of carbonyl (C=O) groups is 1. The van der Waals surface area contributed by atoms with Crippen molar-refractivity contribution < 1.29 is 36.2 Å². The average Bonchev–Trinajstić information content (AvgIpc) is 2.67. The van der Waals surface area contributed by atoms with E-state index >= 15 is 0 Å². The quantitative estimate of drug-likeness (QED) is 0.642. The molecule has 3 rings (SSSR count). The summed E-state index contributed by atoms with van der Waals surface area (Å²) in [5, 5.41) is 12.7. The molecule has 1 aliphatic carbocycles. The maximum absolute atomic E-state index is 13.0. The van der Waals surface area contributed by atoms with Gasteiger partial charge in [0.2, 0.25) is 0 Å². The zero-order chi connectivity index (χ0) is 22.2. The van der Waals surface area contributed by atoms with Gasteiger partial charge in [-0.1, -0.05) is 42.5 Å². The number of nitrogens with one attached hydrogen (secondary N) is 1. The first-order valence-electron chi connectivity index (χ1n) is 8.66. The number of amides is 1. The Bertz CT molecular complexity index is 976. The van der Waals surface area contributed by atoms with Crippen LogP contribution in [-0.4, -0.2) is 16.6 Å². The number of benzene rings is 2. The van der Waals surface area contributed by atoms with E-state index in [-0.39, 0.29) is 12.5 Å². The van der Waals surface area contributed by atoms with Crippen LogP contribution in [0.2, 0.25) is 0 Å². The summed E-state index contributed by atoms with van der Waals surface area (Å²) in [6.07, 6.45) is -6.11. The molecule has 0 saturated heterocycles. The fourth-order valence-electron chi connectivity index (χ4n) is 3.00. The predicted molar refractivity (Wildman–Crippen MR) is 98.2 cm³/mol. The van der Waals surface area contributed by atoms with Crippen molar-refractivity contribution in [2.24, 2.45) is 0 Å². The molecule has 0 aromatic heterocycles. The van der Waals surface area contributed by atoms with Crippen LogP contribution in [0.25, 0.3) is 5.57 Å². The molecule has 1 amide bonds. The molecule has 1 atom stereocenters.